The van der Waals surface area contributed by atoms with Crippen molar-refractivity contribution >= 4 is 27.5 Å². The van der Waals surface area contributed by atoms with Crippen LogP contribution in [0, 0.1) is 0 Å². The van der Waals surface area contributed by atoms with Crippen LogP contribution < -0.4 is 10.1 Å². The molecule has 116 valence electrons. The fraction of sp³-hybridized carbons (Fsp3) is 0.600. The maximum Gasteiger partial charge on any atom is 0.227 e. The molecule has 1 N–H and O–H groups in total. The first-order valence-electron chi connectivity index (χ1n) is 7.37. The zero-order valence-electron chi connectivity index (χ0n) is 13.1. The average Bonchev–Trinajstić information content (AvgIpc) is 2.88. The maximum absolute atomic E-state index is 5.94. The molecule has 21 heavy (non-hydrogen) atoms. The number of rotatable bonds is 8. The van der Waals surface area contributed by atoms with Crippen LogP contribution in [0.5, 0.6) is 5.88 Å². The molecule has 2 aromatic heterocycles. The van der Waals surface area contributed by atoms with Gasteiger partial charge in [-0.2, -0.15) is 4.98 Å². The van der Waals surface area contributed by atoms with E-state index in [1.807, 2.05) is 6.92 Å². The summed E-state index contributed by atoms with van der Waals surface area (Å²) in [6.45, 7) is 7.62. The van der Waals surface area contributed by atoms with Gasteiger partial charge in [0, 0.05) is 18.5 Å². The molecule has 0 aliphatic rings. The van der Waals surface area contributed by atoms with Crippen molar-refractivity contribution < 1.29 is 9.47 Å². The highest BCUT2D eigenvalue weighted by molar-refractivity contribution is 7.18. The van der Waals surface area contributed by atoms with E-state index in [2.05, 4.69) is 35.2 Å². The van der Waals surface area contributed by atoms with E-state index >= 15 is 0 Å². The number of nitrogens with zero attached hydrogens (tertiary/aromatic N) is 2. The predicted molar refractivity (Wildman–Crippen MR) is 87.5 cm³/mol. The molecule has 0 aliphatic carbocycles. The van der Waals surface area contributed by atoms with Gasteiger partial charge < -0.3 is 14.8 Å². The van der Waals surface area contributed by atoms with Crippen molar-refractivity contribution in [1.29, 1.82) is 0 Å². The van der Waals surface area contributed by atoms with E-state index in [1.54, 1.807) is 18.4 Å². The molecule has 0 aliphatic heterocycles. The van der Waals surface area contributed by atoms with Gasteiger partial charge in [0.25, 0.3) is 0 Å². The van der Waals surface area contributed by atoms with Crippen molar-refractivity contribution in [1.82, 2.24) is 9.97 Å². The van der Waals surface area contributed by atoms with E-state index in [4.69, 9.17) is 9.47 Å². The number of aromatic nitrogens is 2. The summed E-state index contributed by atoms with van der Waals surface area (Å²) < 4.78 is 11.1. The Labute approximate surface area is 129 Å². The Morgan fingerprint density at radius 1 is 1.33 bits per heavy atom. The predicted octanol–water partition coefficient (Wildman–Crippen LogP) is 3.49. The molecule has 0 fully saturated rings. The molecule has 1 unspecified atom stereocenters. The fourth-order valence-corrected chi connectivity index (χ4v) is 2.94. The average molecular weight is 309 g/mol. The van der Waals surface area contributed by atoms with Crippen molar-refractivity contribution in [3.05, 3.63) is 10.9 Å². The number of fused-ring (bicyclic) bond motifs is 1. The highest BCUT2D eigenvalue weighted by Gasteiger charge is 2.14. The number of hydrogen-bond acceptors (Lipinski definition) is 6. The Balaban J connectivity index is 2.35. The molecule has 1 atom stereocenters. The molecule has 2 heterocycles. The molecule has 0 saturated heterocycles. The molecule has 6 heteroatoms. The lowest BCUT2D eigenvalue weighted by Crippen LogP contribution is -2.19. The molecule has 2 aromatic rings. The molecular formula is C15H23N3O2S. The van der Waals surface area contributed by atoms with Gasteiger partial charge in [-0.25, -0.2) is 4.98 Å². The van der Waals surface area contributed by atoms with Crippen LogP contribution in [0.1, 0.15) is 32.1 Å². The maximum atomic E-state index is 5.94. The highest BCUT2D eigenvalue weighted by Crippen LogP contribution is 2.32. The summed E-state index contributed by atoms with van der Waals surface area (Å²) in [6.07, 6.45) is 1.98. The largest absolute Gasteiger partial charge is 0.472 e. The van der Waals surface area contributed by atoms with Crippen molar-refractivity contribution in [2.24, 2.45) is 0 Å². The zero-order valence-corrected chi connectivity index (χ0v) is 13.9. The summed E-state index contributed by atoms with van der Waals surface area (Å²) in [5, 5.41) is 4.22. The van der Waals surface area contributed by atoms with Gasteiger partial charge >= 0.3 is 0 Å². The van der Waals surface area contributed by atoms with Crippen LogP contribution in [0.4, 0.5) is 5.95 Å². The third kappa shape index (κ3) is 4.04. The van der Waals surface area contributed by atoms with Gasteiger partial charge in [-0.05, 0) is 25.8 Å². The van der Waals surface area contributed by atoms with Gasteiger partial charge in [-0.15, -0.1) is 11.3 Å². The van der Waals surface area contributed by atoms with E-state index in [0.717, 1.165) is 29.6 Å². The Bertz CT molecular complexity index is 586. The second-order valence-electron chi connectivity index (χ2n) is 4.95. The second kappa shape index (κ2) is 7.56. The summed E-state index contributed by atoms with van der Waals surface area (Å²) in [6, 6.07) is 2.12. The van der Waals surface area contributed by atoms with E-state index in [0.29, 0.717) is 18.4 Å². The molecule has 2 rings (SSSR count). The zero-order chi connectivity index (χ0) is 15.2. The number of anilines is 1. The minimum Gasteiger partial charge on any atom is -0.472 e. The van der Waals surface area contributed by atoms with Crippen LogP contribution >= 0.6 is 11.3 Å². The third-order valence-electron chi connectivity index (χ3n) is 3.00. The van der Waals surface area contributed by atoms with Crippen LogP contribution in [0.15, 0.2) is 6.07 Å². The Morgan fingerprint density at radius 3 is 2.81 bits per heavy atom. The minimum atomic E-state index is -0.0444. The van der Waals surface area contributed by atoms with Gasteiger partial charge in [0.15, 0.2) is 0 Å². The normalized spacial score (nSPS) is 12.6. The standard InChI is InChI=1S/C15H23N3O2S/c1-5-7-16-15-17-13(20-10(3)9-19-4)12-8-11(6-2)21-14(12)18-15/h8,10H,5-7,9H2,1-4H3,(H,16,17,18). The lowest BCUT2D eigenvalue weighted by Gasteiger charge is -2.14. The highest BCUT2D eigenvalue weighted by atomic mass is 32.1. The van der Waals surface area contributed by atoms with Crippen molar-refractivity contribution in [3.63, 3.8) is 0 Å². The molecule has 0 saturated carbocycles. The van der Waals surface area contributed by atoms with Crippen LogP contribution in [-0.2, 0) is 11.2 Å². The number of ether oxygens (including phenoxy) is 2. The van der Waals surface area contributed by atoms with E-state index in [9.17, 15) is 0 Å². The van der Waals surface area contributed by atoms with Gasteiger partial charge in [0.1, 0.15) is 10.9 Å². The van der Waals surface area contributed by atoms with Crippen molar-refractivity contribution in [2.75, 3.05) is 25.6 Å². The van der Waals surface area contributed by atoms with Gasteiger partial charge in [-0.1, -0.05) is 13.8 Å². The minimum absolute atomic E-state index is 0.0444. The quantitative estimate of drug-likeness (QED) is 0.809. The Hall–Kier alpha value is -1.40. The van der Waals surface area contributed by atoms with Crippen molar-refractivity contribution in [3.8, 4) is 5.88 Å². The van der Waals surface area contributed by atoms with Crippen LogP contribution in [0.2, 0.25) is 0 Å². The van der Waals surface area contributed by atoms with Crippen molar-refractivity contribution in [2.45, 2.75) is 39.7 Å². The topological polar surface area (TPSA) is 56.3 Å². The van der Waals surface area contributed by atoms with Crippen LogP contribution in [-0.4, -0.2) is 36.3 Å². The number of methoxy groups -OCH3 is 1. The molecule has 0 amide bonds. The number of hydrogen-bond donors (Lipinski definition) is 1. The fourth-order valence-electron chi connectivity index (χ4n) is 1.98. The Morgan fingerprint density at radius 2 is 2.14 bits per heavy atom. The SMILES string of the molecule is CCCNc1nc(OC(C)COC)c2cc(CC)sc2n1. The Kier molecular flexibility index (Phi) is 5.76. The van der Waals surface area contributed by atoms with E-state index in [-0.39, 0.29) is 6.10 Å². The third-order valence-corrected chi connectivity index (χ3v) is 4.18. The molecule has 0 aromatic carbocycles. The molecule has 5 nitrogen and oxygen atoms in total. The van der Waals surface area contributed by atoms with E-state index in [1.165, 1.54) is 4.88 Å². The summed E-state index contributed by atoms with van der Waals surface area (Å²) in [7, 11) is 1.67. The number of nitrogens with one attached hydrogen (secondary N) is 1. The molecule has 0 bridgehead atoms. The smallest absolute Gasteiger partial charge is 0.227 e. The second-order valence-corrected chi connectivity index (χ2v) is 6.06. The van der Waals surface area contributed by atoms with Gasteiger partial charge in [0.05, 0.1) is 12.0 Å². The first kappa shape index (κ1) is 16.0. The summed E-state index contributed by atoms with van der Waals surface area (Å²) in [5.74, 6) is 1.27. The first-order valence-corrected chi connectivity index (χ1v) is 8.19. The van der Waals surface area contributed by atoms with E-state index < -0.39 is 0 Å². The number of aryl methyl sites for hydroxylation is 1. The summed E-state index contributed by atoms with van der Waals surface area (Å²) in [5.41, 5.74) is 0. The first-order chi connectivity index (χ1) is 10.2. The monoisotopic (exact) mass is 309 g/mol. The van der Waals surface area contributed by atoms with Crippen LogP contribution in [0.25, 0.3) is 10.2 Å². The lowest BCUT2D eigenvalue weighted by atomic mass is 10.3. The van der Waals surface area contributed by atoms with Crippen LogP contribution in [0.3, 0.4) is 0 Å². The van der Waals surface area contributed by atoms with Gasteiger partial charge in [-0.3, -0.25) is 0 Å². The molecular weight excluding hydrogens is 286 g/mol. The number of thiophene rings is 1. The molecule has 0 spiro atoms. The van der Waals surface area contributed by atoms with Gasteiger partial charge in [0.2, 0.25) is 11.8 Å². The lowest BCUT2D eigenvalue weighted by molar-refractivity contribution is 0.0902. The summed E-state index contributed by atoms with van der Waals surface area (Å²) >= 11 is 1.70. The molecule has 0 radical (unpaired) electrons. The summed E-state index contributed by atoms with van der Waals surface area (Å²) in [4.78, 5) is 11.4.